The van der Waals surface area contributed by atoms with Crippen LogP contribution in [0, 0.1) is 17.3 Å². The van der Waals surface area contributed by atoms with Crippen molar-refractivity contribution in [1.29, 1.82) is 0 Å². The lowest BCUT2D eigenvalue weighted by Gasteiger charge is -2.24. The molecule has 0 aromatic carbocycles. The van der Waals surface area contributed by atoms with Crippen LogP contribution in [0.25, 0.3) is 0 Å². The summed E-state index contributed by atoms with van der Waals surface area (Å²) >= 11 is 0. The van der Waals surface area contributed by atoms with Gasteiger partial charge in [0.2, 0.25) is 11.8 Å². The molecule has 3 atom stereocenters. The molecule has 0 spiro atoms. The Labute approximate surface area is 95.4 Å². The van der Waals surface area contributed by atoms with Crippen LogP contribution in [0.5, 0.6) is 0 Å². The van der Waals surface area contributed by atoms with E-state index in [1.165, 1.54) is 0 Å². The van der Waals surface area contributed by atoms with E-state index in [0.717, 1.165) is 0 Å². The summed E-state index contributed by atoms with van der Waals surface area (Å²) in [4.78, 5) is 23.9. The summed E-state index contributed by atoms with van der Waals surface area (Å²) in [7, 11) is 0. The lowest BCUT2D eigenvalue weighted by molar-refractivity contribution is -0.208. The number of nitrogens with zero attached hydrogens (tertiary/aromatic N) is 1. The zero-order valence-electron chi connectivity index (χ0n) is 9.28. The minimum Gasteiger partial charge on any atom is -0.382 e. The van der Waals surface area contributed by atoms with E-state index in [1.54, 1.807) is 13.8 Å². The van der Waals surface area contributed by atoms with Gasteiger partial charge in [0.1, 0.15) is 0 Å². The molecule has 0 bridgehead atoms. The van der Waals surface area contributed by atoms with Crippen molar-refractivity contribution in [2.75, 3.05) is 6.54 Å². The van der Waals surface area contributed by atoms with Gasteiger partial charge in [0, 0.05) is 0 Å². The number of hydrogen-bond donors (Lipinski definition) is 1. The van der Waals surface area contributed by atoms with Gasteiger partial charge in [-0.3, -0.25) is 14.5 Å². The van der Waals surface area contributed by atoms with Crippen LogP contribution in [0.4, 0.5) is 13.2 Å². The van der Waals surface area contributed by atoms with Crippen LogP contribution in [0.2, 0.25) is 0 Å². The molecule has 96 valence electrons. The first kappa shape index (κ1) is 12.3. The van der Waals surface area contributed by atoms with Gasteiger partial charge in [-0.25, -0.2) is 0 Å². The zero-order valence-corrected chi connectivity index (χ0v) is 9.28. The number of carbonyl (C=O) groups excluding carboxylic acids is 2. The van der Waals surface area contributed by atoms with Crippen molar-refractivity contribution in [1.82, 2.24) is 4.90 Å². The van der Waals surface area contributed by atoms with Gasteiger partial charge in [-0.2, -0.15) is 13.2 Å². The molecule has 1 N–H and O–H groups in total. The summed E-state index contributed by atoms with van der Waals surface area (Å²) < 4.78 is 36.4. The molecule has 17 heavy (non-hydrogen) atoms. The van der Waals surface area contributed by atoms with Crippen molar-refractivity contribution in [2.45, 2.75) is 26.1 Å². The normalized spacial score (nSPS) is 32.7. The van der Waals surface area contributed by atoms with Crippen molar-refractivity contribution in [3.63, 3.8) is 0 Å². The van der Waals surface area contributed by atoms with Gasteiger partial charge in [-0.15, -0.1) is 0 Å². The summed E-state index contributed by atoms with van der Waals surface area (Å²) in [5, 5.41) is 8.84. The summed E-state index contributed by atoms with van der Waals surface area (Å²) in [6.07, 6.45) is -7.49. The first-order valence-corrected chi connectivity index (χ1v) is 5.18. The molecule has 0 radical (unpaired) electrons. The second-order valence-corrected chi connectivity index (χ2v) is 5.12. The Hall–Kier alpha value is -1.11. The number of hydrogen-bond acceptors (Lipinski definition) is 3. The molecular weight excluding hydrogens is 239 g/mol. The number of imide groups is 1. The number of carbonyl (C=O) groups is 2. The van der Waals surface area contributed by atoms with E-state index in [4.69, 9.17) is 5.11 Å². The maximum atomic E-state index is 12.1. The Balaban J connectivity index is 2.07. The molecule has 2 rings (SSSR count). The maximum Gasteiger partial charge on any atom is 0.416 e. The highest BCUT2D eigenvalue weighted by molar-refractivity contribution is 6.10. The first-order chi connectivity index (χ1) is 7.58. The predicted octanol–water partition coefficient (Wildman–Crippen LogP) is 0.551. The Morgan fingerprint density at radius 1 is 1.29 bits per heavy atom. The summed E-state index contributed by atoms with van der Waals surface area (Å²) in [5.74, 6) is -2.24. The fraction of sp³-hybridized carbons (Fsp3) is 0.800. The van der Waals surface area contributed by atoms with E-state index in [1.807, 2.05) is 0 Å². The van der Waals surface area contributed by atoms with Crippen LogP contribution < -0.4 is 0 Å². The molecule has 1 heterocycles. The molecule has 1 saturated heterocycles. The zero-order chi connectivity index (χ0) is 13.2. The molecule has 0 aromatic rings. The number of piperidine rings is 1. The van der Waals surface area contributed by atoms with Crippen LogP contribution >= 0.6 is 0 Å². The molecular formula is C10H12F3NO3. The minimum atomic E-state index is -4.82. The Morgan fingerprint density at radius 3 is 2.06 bits per heavy atom. The summed E-state index contributed by atoms with van der Waals surface area (Å²) in [6, 6.07) is 0. The second-order valence-electron chi connectivity index (χ2n) is 5.12. The molecule has 7 heteroatoms. The number of likely N-dealkylation sites (tertiary alicyclic amines) is 1. The van der Waals surface area contributed by atoms with Crippen LogP contribution in [-0.2, 0) is 9.59 Å². The van der Waals surface area contributed by atoms with Gasteiger partial charge in [0.25, 0.3) is 0 Å². The van der Waals surface area contributed by atoms with E-state index in [0.29, 0.717) is 4.90 Å². The highest BCUT2D eigenvalue weighted by Crippen LogP contribution is 2.63. The third-order valence-corrected chi connectivity index (χ3v) is 3.62. The topological polar surface area (TPSA) is 57.6 Å². The van der Waals surface area contributed by atoms with E-state index in [-0.39, 0.29) is 0 Å². The first-order valence-electron chi connectivity index (χ1n) is 5.18. The number of halogens is 3. The lowest BCUT2D eigenvalue weighted by Crippen LogP contribution is -2.46. The monoisotopic (exact) mass is 251 g/mol. The van der Waals surface area contributed by atoms with Crippen LogP contribution in [0.15, 0.2) is 0 Å². The van der Waals surface area contributed by atoms with Gasteiger partial charge >= 0.3 is 6.18 Å². The number of aliphatic hydroxyl groups is 1. The largest absolute Gasteiger partial charge is 0.416 e. The van der Waals surface area contributed by atoms with E-state index in [2.05, 4.69) is 0 Å². The van der Waals surface area contributed by atoms with Crippen molar-refractivity contribution < 1.29 is 27.9 Å². The molecule has 1 aliphatic carbocycles. The summed E-state index contributed by atoms with van der Waals surface area (Å²) in [5.41, 5.74) is -0.451. The number of amides is 2. The quantitative estimate of drug-likeness (QED) is 0.729. The number of alkyl halides is 3. The van der Waals surface area contributed by atoms with Gasteiger partial charge in [-0.05, 0) is 5.41 Å². The van der Waals surface area contributed by atoms with Gasteiger partial charge < -0.3 is 5.11 Å². The SMILES string of the molecule is CC1(C)C2C(=O)N(CC(O)C(F)(F)F)C(=O)C21. The number of fused-ring (bicyclic) bond motifs is 1. The number of aliphatic hydroxyl groups excluding tert-OH is 1. The molecule has 1 saturated carbocycles. The van der Waals surface area contributed by atoms with E-state index >= 15 is 0 Å². The predicted molar refractivity (Wildman–Crippen MR) is 49.5 cm³/mol. The Kier molecular flexibility index (Phi) is 2.34. The third-order valence-electron chi connectivity index (χ3n) is 3.62. The molecule has 1 aliphatic heterocycles. The fourth-order valence-electron chi connectivity index (χ4n) is 2.46. The van der Waals surface area contributed by atoms with Crippen LogP contribution in [0.1, 0.15) is 13.8 Å². The van der Waals surface area contributed by atoms with E-state index in [9.17, 15) is 22.8 Å². The highest BCUT2D eigenvalue weighted by Gasteiger charge is 2.72. The average Bonchev–Trinajstić information content (AvgIpc) is 2.63. The Morgan fingerprint density at radius 2 is 1.71 bits per heavy atom. The molecule has 4 nitrogen and oxygen atoms in total. The van der Waals surface area contributed by atoms with Gasteiger partial charge in [0.15, 0.2) is 6.10 Å². The molecule has 2 amide bonds. The standard InChI is InChI=1S/C10H12F3NO3/c1-9(2)5-6(9)8(17)14(7(5)16)3-4(15)10(11,12)13/h4-6,15H,3H2,1-2H3. The van der Waals surface area contributed by atoms with Crippen LogP contribution in [0.3, 0.4) is 0 Å². The third kappa shape index (κ3) is 1.64. The molecule has 0 aromatic heterocycles. The van der Waals surface area contributed by atoms with Crippen molar-refractivity contribution in [2.24, 2.45) is 17.3 Å². The molecule has 2 aliphatic rings. The van der Waals surface area contributed by atoms with Gasteiger partial charge in [-0.1, -0.05) is 13.8 Å². The lowest BCUT2D eigenvalue weighted by atomic mass is 10.1. The fourth-order valence-corrected chi connectivity index (χ4v) is 2.46. The van der Waals surface area contributed by atoms with Crippen molar-refractivity contribution in [3.05, 3.63) is 0 Å². The Bertz CT molecular complexity index is 367. The van der Waals surface area contributed by atoms with Gasteiger partial charge in [0.05, 0.1) is 18.4 Å². The maximum absolute atomic E-state index is 12.1. The van der Waals surface area contributed by atoms with Crippen molar-refractivity contribution >= 4 is 11.8 Å². The number of rotatable bonds is 2. The van der Waals surface area contributed by atoms with Crippen LogP contribution in [-0.4, -0.2) is 40.6 Å². The average molecular weight is 251 g/mol. The smallest absolute Gasteiger partial charge is 0.382 e. The summed E-state index contributed by atoms with van der Waals surface area (Å²) in [6.45, 7) is 2.47. The molecule has 2 fully saturated rings. The van der Waals surface area contributed by atoms with Crippen molar-refractivity contribution in [3.8, 4) is 0 Å². The second kappa shape index (κ2) is 3.22. The number of β-amino-alcohol motifs (C(OH)–C–C–N with tert-alkyl or cyclic N) is 1. The van der Waals surface area contributed by atoms with E-state index < -0.39 is 47.9 Å². The molecule has 3 unspecified atom stereocenters. The minimum absolute atomic E-state index is 0.451. The highest BCUT2D eigenvalue weighted by atomic mass is 19.4.